The molecule has 4 nitrogen and oxygen atoms in total. The second-order valence-corrected chi connectivity index (χ2v) is 4.39. The lowest BCUT2D eigenvalue weighted by molar-refractivity contribution is -0.122. The van der Waals surface area contributed by atoms with Gasteiger partial charge >= 0.3 is 0 Å². The number of nitrogens with one attached hydrogen (secondary N) is 2. The van der Waals surface area contributed by atoms with E-state index in [9.17, 15) is 9.59 Å². The van der Waals surface area contributed by atoms with Crippen molar-refractivity contribution in [1.29, 1.82) is 0 Å². The largest absolute Gasteiger partial charge is 0.354 e. The first-order chi connectivity index (χ1) is 9.61. The van der Waals surface area contributed by atoms with E-state index in [4.69, 9.17) is 0 Å². The number of carbonyl (C=O) groups excluding carboxylic acids is 2. The van der Waals surface area contributed by atoms with Crippen molar-refractivity contribution in [1.82, 2.24) is 10.6 Å². The smallest absolute Gasteiger partial charge is 0.267 e. The maximum absolute atomic E-state index is 11.8. The van der Waals surface area contributed by atoms with Crippen LogP contribution in [0.5, 0.6) is 0 Å². The summed E-state index contributed by atoms with van der Waals surface area (Å²) in [6.07, 6.45) is 1.68. The van der Waals surface area contributed by atoms with Crippen LogP contribution in [0, 0.1) is 0 Å². The fourth-order valence-corrected chi connectivity index (χ4v) is 2.01. The Morgan fingerprint density at radius 2 is 1.75 bits per heavy atom. The molecule has 20 heavy (non-hydrogen) atoms. The molecule has 0 bridgehead atoms. The Hall–Kier alpha value is -2.62. The zero-order chi connectivity index (χ0) is 14.5. The quantitative estimate of drug-likeness (QED) is 0.837. The summed E-state index contributed by atoms with van der Waals surface area (Å²) in [5.74, 6) is -0.603. The van der Waals surface area contributed by atoms with Gasteiger partial charge in [-0.2, -0.15) is 0 Å². The third kappa shape index (κ3) is 3.03. The first-order valence-corrected chi connectivity index (χ1v) is 6.31. The van der Waals surface area contributed by atoms with Gasteiger partial charge in [0.2, 0.25) is 5.91 Å². The predicted octanol–water partition coefficient (Wildman–Crippen LogP) is 2.06. The van der Waals surface area contributed by atoms with Gasteiger partial charge in [-0.15, -0.1) is 0 Å². The Labute approximate surface area is 117 Å². The van der Waals surface area contributed by atoms with Crippen molar-refractivity contribution in [3.8, 4) is 0 Å². The summed E-state index contributed by atoms with van der Waals surface area (Å²) >= 11 is 0. The van der Waals surface area contributed by atoms with Crippen LogP contribution in [0.3, 0.4) is 0 Å². The Kier molecular flexibility index (Phi) is 4.15. The van der Waals surface area contributed by atoms with Crippen LogP contribution in [0.4, 0.5) is 0 Å². The van der Waals surface area contributed by atoms with E-state index in [1.165, 1.54) is 14.0 Å². The molecule has 0 radical (unpaired) electrons. The van der Waals surface area contributed by atoms with E-state index in [0.717, 1.165) is 16.3 Å². The lowest BCUT2D eigenvalue weighted by Crippen LogP contribution is -2.31. The maximum atomic E-state index is 11.8. The summed E-state index contributed by atoms with van der Waals surface area (Å²) in [4.78, 5) is 23.0. The fourth-order valence-electron chi connectivity index (χ4n) is 2.01. The van der Waals surface area contributed by atoms with Gasteiger partial charge in [-0.05, 0) is 22.4 Å². The van der Waals surface area contributed by atoms with Gasteiger partial charge in [-0.3, -0.25) is 9.59 Å². The molecule has 102 valence electrons. The minimum Gasteiger partial charge on any atom is -0.354 e. The molecule has 2 amide bonds. The molecule has 4 heteroatoms. The molecule has 0 saturated carbocycles. The molecule has 0 saturated heterocycles. The maximum Gasteiger partial charge on any atom is 0.267 e. The van der Waals surface area contributed by atoms with Crippen molar-refractivity contribution in [3.05, 3.63) is 53.7 Å². The van der Waals surface area contributed by atoms with Crippen molar-refractivity contribution in [2.75, 3.05) is 7.05 Å². The first kappa shape index (κ1) is 13.8. The van der Waals surface area contributed by atoms with Crippen LogP contribution < -0.4 is 10.6 Å². The SMILES string of the molecule is CNC(=O)/C(=C\c1cccc2ccccc12)NC(C)=O. The molecule has 0 aliphatic heterocycles. The van der Waals surface area contributed by atoms with Crippen LogP contribution in [0.15, 0.2) is 48.2 Å². The average Bonchev–Trinajstić information content (AvgIpc) is 2.45. The lowest BCUT2D eigenvalue weighted by atomic mass is 10.0. The Balaban J connectivity index is 2.53. The van der Waals surface area contributed by atoms with Crippen LogP contribution in [0.2, 0.25) is 0 Å². The molecule has 2 aromatic carbocycles. The van der Waals surface area contributed by atoms with Crippen LogP contribution in [0.25, 0.3) is 16.8 Å². The Morgan fingerprint density at radius 1 is 1.05 bits per heavy atom. The number of benzene rings is 2. The summed E-state index contributed by atoms with van der Waals surface area (Å²) in [5, 5.41) is 7.18. The summed E-state index contributed by atoms with van der Waals surface area (Å²) in [5.41, 5.74) is 1.12. The minimum atomic E-state index is -0.326. The van der Waals surface area contributed by atoms with Crippen molar-refractivity contribution >= 4 is 28.7 Å². The van der Waals surface area contributed by atoms with Crippen molar-refractivity contribution in [2.45, 2.75) is 6.92 Å². The highest BCUT2D eigenvalue weighted by Gasteiger charge is 2.09. The van der Waals surface area contributed by atoms with Crippen molar-refractivity contribution in [3.63, 3.8) is 0 Å². The van der Waals surface area contributed by atoms with E-state index in [0.29, 0.717) is 0 Å². The normalized spacial score (nSPS) is 11.2. The number of hydrogen-bond donors (Lipinski definition) is 2. The van der Waals surface area contributed by atoms with Gasteiger partial charge in [0.05, 0.1) is 0 Å². The van der Waals surface area contributed by atoms with E-state index in [2.05, 4.69) is 10.6 Å². The Bertz CT molecular complexity index is 684. The molecular weight excluding hydrogens is 252 g/mol. The van der Waals surface area contributed by atoms with Gasteiger partial charge < -0.3 is 10.6 Å². The van der Waals surface area contributed by atoms with E-state index in [1.807, 2.05) is 42.5 Å². The number of rotatable bonds is 3. The van der Waals surface area contributed by atoms with Crippen LogP contribution >= 0.6 is 0 Å². The molecule has 0 fully saturated rings. The first-order valence-electron chi connectivity index (χ1n) is 6.31. The molecule has 0 aliphatic rings. The molecule has 0 aliphatic carbocycles. The molecule has 2 aromatic rings. The molecule has 0 aromatic heterocycles. The van der Waals surface area contributed by atoms with Gasteiger partial charge in [-0.25, -0.2) is 0 Å². The number of likely N-dealkylation sites (N-methyl/N-ethyl adjacent to an activating group) is 1. The highest BCUT2D eigenvalue weighted by atomic mass is 16.2. The highest BCUT2D eigenvalue weighted by molar-refractivity contribution is 6.03. The zero-order valence-electron chi connectivity index (χ0n) is 11.4. The third-order valence-electron chi connectivity index (χ3n) is 2.91. The van der Waals surface area contributed by atoms with Crippen LogP contribution in [0.1, 0.15) is 12.5 Å². The second-order valence-electron chi connectivity index (χ2n) is 4.39. The number of fused-ring (bicyclic) bond motifs is 1. The molecular formula is C16H16N2O2. The van der Waals surface area contributed by atoms with Gasteiger partial charge in [-0.1, -0.05) is 42.5 Å². The van der Waals surface area contributed by atoms with Crippen molar-refractivity contribution < 1.29 is 9.59 Å². The molecule has 0 heterocycles. The second kappa shape index (κ2) is 6.02. The Morgan fingerprint density at radius 3 is 2.45 bits per heavy atom. The van der Waals surface area contributed by atoms with Crippen LogP contribution in [-0.4, -0.2) is 18.9 Å². The van der Waals surface area contributed by atoms with Crippen LogP contribution in [-0.2, 0) is 9.59 Å². The van der Waals surface area contributed by atoms with E-state index in [-0.39, 0.29) is 17.5 Å². The zero-order valence-corrected chi connectivity index (χ0v) is 11.4. The third-order valence-corrected chi connectivity index (χ3v) is 2.91. The van der Waals surface area contributed by atoms with Gasteiger partial charge in [0, 0.05) is 14.0 Å². The molecule has 0 atom stereocenters. The average molecular weight is 268 g/mol. The number of carbonyl (C=O) groups is 2. The number of amides is 2. The highest BCUT2D eigenvalue weighted by Crippen LogP contribution is 2.20. The van der Waals surface area contributed by atoms with E-state index in [1.54, 1.807) is 6.08 Å². The molecule has 0 spiro atoms. The summed E-state index contributed by atoms with van der Waals surface area (Å²) in [6.45, 7) is 1.37. The van der Waals surface area contributed by atoms with Gasteiger partial charge in [0.1, 0.15) is 5.70 Å². The molecule has 0 unspecified atom stereocenters. The number of hydrogen-bond acceptors (Lipinski definition) is 2. The molecule has 2 rings (SSSR count). The topological polar surface area (TPSA) is 58.2 Å². The minimum absolute atomic E-state index is 0.233. The molecule has 2 N–H and O–H groups in total. The van der Waals surface area contributed by atoms with E-state index >= 15 is 0 Å². The predicted molar refractivity (Wildman–Crippen MR) is 79.8 cm³/mol. The van der Waals surface area contributed by atoms with Gasteiger partial charge in [0.25, 0.3) is 5.91 Å². The summed E-state index contributed by atoms with van der Waals surface area (Å²) < 4.78 is 0. The monoisotopic (exact) mass is 268 g/mol. The lowest BCUT2D eigenvalue weighted by Gasteiger charge is -2.08. The standard InChI is InChI=1S/C16H16N2O2/c1-11(19)18-15(16(20)17-2)10-13-8-5-7-12-6-3-4-9-14(12)13/h3-10H,1-2H3,(H,17,20)(H,18,19)/b15-10+. The fraction of sp³-hybridized carbons (Fsp3) is 0.125. The van der Waals surface area contributed by atoms with E-state index < -0.39 is 0 Å². The summed E-state index contributed by atoms with van der Waals surface area (Å²) in [7, 11) is 1.53. The summed E-state index contributed by atoms with van der Waals surface area (Å²) in [6, 6.07) is 13.7. The van der Waals surface area contributed by atoms with Crippen molar-refractivity contribution in [2.24, 2.45) is 0 Å². The van der Waals surface area contributed by atoms with Gasteiger partial charge in [0.15, 0.2) is 0 Å².